The first-order chi connectivity index (χ1) is 8.24. The van der Waals surface area contributed by atoms with Gasteiger partial charge < -0.3 is 15.4 Å². The second-order valence-electron chi connectivity index (χ2n) is 4.23. The number of ether oxygens (including phenoxy) is 1. The van der Waals surface area contributed by atoms with Gasteiger partial charge in [-0.2, -0.15) is 0 Å². The van der Waals surface area contributed by atoms with Crippen LogP contribution >= 0.6 is 0 Å². The largest absolute Gasteiger partial charge is 0.379 e. The molecule has 1 aromatic carbocycles. The molecule has 2 unspecified atom stereocenters. The quantitative estimate of drug-likeness (QED) is 0.849. The fourth-order valence-corrected chi connectivity index (χ4v) is 2.10. The molecule has 92 valence electrons. The lowest BCUT2D eigenvalue weighted by atomic mass is 10.0. The van der Waals surface area contributed by atoms with Gasteiger partial charge in [0.15, 0.2) is 0 Å². The molecule has 2 rings (SSSR count). The minimum absolute atomic E-state index is 0.0590. The molecule has 1 aliphatic rings. The van der Waals surface area contributed by atoms with Crippen molar-refractivity contribution in [1.82, 2.24) is 0 Å². The first-order valence-corrected chi connectivity index (χ1v) is 5.93. The molecule has 0 aromatic heterocycles. The number of carbonyl (C=O) groups excluding carboxylic acids is 1. The van der Waals surface area contributed by atoms with Crippen LogP contribution in [0.25, 0.3) is 0 Å². The summed E-state index contributed by atoms with van der Waals surface area (Å²) < 4.78 is 5.25. The molecule has 0 aliphatic carbocycles. The van der Waals surface area contributed by atoms with Crippen molar-refractivity contribution in [3.05, 3.63) is 30.3 Å². The SMILES string of the molecule is CCN(C(=O)C1COCC1N)c1ccccc1. The Kier molecular flexibility index (Phi) is 3.76. The summed E-state index contributed by atoms with van der Waals surface area (Å²) in [7, 11) is 0. The highest BCUT2D eigenvalue weighted by atomic mass is 16.5. The Bertz CT molecular complexity index is 380. The molecule has 1 amide bonds. The zero-order valence-electron chi connectivity index (χ0n) is 10.0. The van der Waals surface area contributed by atoms with E-state index in [0.29, 0.717) is 19.8 Å². The van der Waals surface area contributed by atoms with Crippen LogP contribution in [0.15, 0.2) is 30.3 Å². The summed E-state index contributed by atoms with van der Waals surface area (Å²) in [5.74, 6) is -0.154. The van der Waals surface area contributed by atoms with Gasteiger partial charge in [0.25, 0.3) is 0 Å². The predicted molar refractivity (Wildman–Crippen MR) is 66.8 cm³/mol. The first kappa shape index (κ1) is 12.1. The number of benzene rings is 1. The predicted octanol–water partition coefficient (Wildman–Crippen LogP) is 1.01. The van der Waals surface area contributed by atoms with Gasteiger partial charge in [0.05, 0.1) is 19.1 Å². The number of nitrogens with two attached hydrogens (primary N) is 1. The van der Waals surface area contributed by atoms with Crippen molar-refractivity contribution in [1.29, 1.82) is 0 Å². The van der Waals surface area contributed by atoms with Crippen molar-refractivity contribution in [2.75, 3.05) is 24.7 Å². The lowest BCUT2D eigenvalue weighted by Crippen LogP contribution is -2.43. The van der Waals surface area contributed by atoms with Crippen molar-refractivity contribution in [2.24, 2.45) is 11.7 Å². The van der Waals surface area contributed by atoms with Gasteiger partial charge in [-0.1, -0.05) is 18.2 Å². The third kappa shape index (κ3) is 2.48. The second-order valence-corrected chi connectivity index (χ2v) is 4.23. The first-order valence-electron chi connectivity index (χ1n) is 5.93. The van der Waals surface area contributed by atoms with Crippen molar-refractivity contribution < 1.29 is 9.53 Å². The van der Waals surface area contributed by atoms with Gasteiger partial charge in [-0.15, -0.1) is 0 Å². The highest BCUT2D eigenvalue weighted by Gasteiger charge is 2.34. The second kappa shape index (κ2) is 5.29. The zero-order chi connectivity index (χ0) is 12.3. The fraction of sp³-hybridized carbons (Fsp3) is 0.462. The molecule has 1 fully saturated rings. The lowest BCUT2D eigenvalue weighted by Gasteiger charge is -2.25. The van der Waals surface area contributed by atoms with E-state index in [-0.39, 0.29) is 17.9 Å². The molecule has 0 spiro atoms. The molecule has 4 heteroatoms. The van der Waals surface area contributed by atoms with Crippen LogP contribution in [-0.2, 0) is 9.53 Å². The molecule has 4 nitrogen and oxygen atoms in total. The van der Waals surface area contributed by atoms with Crippen molar-refractivity contribution >= 4 is 11.6 Å². The number of amides is 1. The normalized spacial score (nSPS) is 23.6. The van der Waals surface area contributed by atoms with E-state index in [2.05, 4.69) is 0 Å². The maximum atomic E-state index is 12.4. The van der Waals surface area contributed by atoms with Gasteiger partial charge in [0.2, 0.25) is 5.91 Å². The van der Waals surface area contributed by atoms with E-state index < -0.39 is 0 Å². The highest BCUT2D eigenvalue weighted by molar-refractivity contribution is 5.95. The molecule has 0 saturated carbocycles. The smallest absolute Gasteiger partial charge is 0.234 e. The molecule has 1 aliphatic heterocycles. The Labute approximate surface area is 101 Å². The molecule has 0 radical (unpaired) electrons. The number of carbonyl (C=O) groups is 1. The summed E-state index contributed by atoms with van der Waals surface area (Å²) in [4.78, 5) is 14.1. The maximum absolute atomic E-state index is 12.4. The molecular formula is C13H18N2O2. The van der Waals surface area contributed by atoms with E-state index in [1.807, 2.05) is 37.3 Å². The van der Waals surface area contributed by atoms with Crippen LogP contribution in [0, 0.1) is 5.92 Å². The minimum atomic E-state index is -0.213. The Morgan fingerprint density at radius 3 is 2.65 bits per heavy atom. The van der Waals surface area contributed by atoms with E-state index in [9.17, 15) is 4.79 Å². The lowest BCUT2D eigenvalue weighted by molar-refractivity contribution is -0.122. The van der Waals surface area contributed by atoms with Gasteiger partial charge in [-0.25, -0.2) is 0 Å². The molecule has 2 atom stereocenters. The van der Waals surface area contributed by atoms with Gasteiger partial charge >= 0.3 is 0 Å². The molecular weight excluding hydrogens is 216 g/mol. The van der Waals surface area contributed by atoms with E-state index in [4.69, 9.17) is 10.5 Å². The average molecular weight is 234 g/mol. The fourth-order valence-electron chi connectivity index (χ4n) is 2.10. The molecule has 2 N–H and O–H groups in total. The van der Waals surface area contributed by atoms with E-state index in [1.165, 1.54) is 0 Å². The van der Waals surface area contributed by atoms with Gasteiger partial charge in [0.1, 0.15) is 0 Å². The topological polar surface area (TPSA) is 55.6 Å². The Balaban J connectivity index is 2.16. The Hall–Kier alpha value is -1.39. The van der Waals surface area contributed by atoms with E-state index in [0.717, 1.165) is 5.69 Å². The summed E-state index contributed by atoms with van der Waals surface area (Å²) in [5, 5.41) is 0. The van der Waals surface area contributed by atoms with Crippen molar-refractivity contribution in [2.45, 2.75) is 13.0 Å². The molecule has 17 heavy (non-hydrogen) atoms. The number of hydrogen-bond donors (Lipinski definition) is 1. The maximum Gasteiger partial charge on any atom is 0.234 e. The Morgan fingerprint density at radius 2 is 2.12 bits per heavy atom. The number of hydrogen-bond acceptors (Lipinski definition) is 3. The number of nitrogens with zero attached hydrogens (tertiary/aromatic N) is 1. The highest BCUT2D eigenvalue weighted by Crippen LogP contribution is 2.20. The Morgan fingerprint density at radius 1 is 1.41 bits per heavy atom. The number of anilines is 1. The molecule has 1 saturated heterocycles. The molecule has 0 bridgehead atoms. The number of rotatable bonds is 3. The summed E-state index contributed by atoms with van der Waals surface area (Å²) in [6.45, 7) is 3.52. The van der Waals surface area contributed by atoms with Crippen molar-refractivity contribution in [3.63, 3.8) is 0 Å². The molecule has 1 heterocycles. The zero-order valence-corrected chi connectivity index (χ0v) is 10.0. The van der Waals surface area contributed by atoms with Gasteiger partial charge in [0, 0.05) is 18.3 Å². The number of para-hydroxylation sites is 1. The van der Waals surface area contributed by atoms with Crippen LogP contribution in [0.2, 0.25) is 0 Å². The summed E-state index contributed by atoms with van der Waals surface area (Å²) >= 11 is 0. The van der Waals surface area contributed by atoms with Crippen molar-refractivity contribution in [3.8, 4) is 0 Å². The van der Waals surface area contributed by atoms with E-state index in [1.54, 1.807) is 4.90 Å². The average Bonchev–Trinajstić information content (AvgIpc) is 2.77. The van der Waals surface area contributed by atoms with Crippen LogP contribution in [-0.4, -0.2) is 31.7 Å². The van der Waals surface area contributed by atoms with Crippen LogP contribution in [0.5, 0.6) is 0 Å². The third-order valence-corrected chi connectivity index (χ3v) is 3.09. The van der Waals surface area contributed by atoms with Crippen LogP contribution in [0.1, 0.15) is 6.92 Å². The van der Waals surface area contributed by atoms with Crippen LogP contribution in [0.3, 0.4) is 0 Å². The van der Waals surface area contributed by atoms with E-state index >= 15 is 0 Å². The standard InChI is InChI=1S/C13H18N2O2/c1-2-15(10-6-4-3-5-7-10)13(16)11-8-17-9-12(11)14/h3-7,11-12H,2,8-9,14H2,1H3. The van der Waals surface area contributed by atoms with Gasteiger partial charge in [-0.05, 0) is 19.1 Å². The third-order valence-electron chi connectivity index (χ3n) is 3.09. The summed E-state index contributed by atoms with van der Waals surface area (Å²) in [6.07, 6.45) is 0. The molecule has 1 aromatic rings. The van der Waals surface area contributed by atoms with Crippen LogP contribution < -0.4 is 10.6 Å². The summed E-state index contributed by atoms with van der Waals surface area (Å²) in [6, 6.07) is 9.48. The van der Waals surface area contributed by atoms with Gasteiger partial charge in [-0.3, -0.25) is 4.79 Å². The minimum Gasteiger partial charge on any atom is -0.379 e. The monoisotopic (exact) mass is 234 g/mol. The summed E-state index contributed by atoms with van der Waals surface area (Å²) in [5.41, 5.74) is 6.79. The van der Waals surface area contributed by atoms with Crippen LogP contribution in [0.4, 0.5) is 5.69 Å².